The van der Waals surface area contributed by atoms with Crippen molar-refractivity contribution in [1.29, 1.82) is 0 Å². The van der Waals surface area contributed by atoms with Gasteiger partial charge in [-0.05, 0) is 25.2 Å². The lowest BCUT2D eigenvalue weighted by Gasteiger charge is -2.36. The Morgan fingerprint density at radius 1 is 1.38 bits per heavy atom. The van der Waals surface area contributed by atoms with Gasteiger partial charge < -0.3 is 10.8 Å². The number of hydrogen-bond acceptors (Lipinski definition) is 2. The standard InChI is InChI=1S/C12H23NO2.ClH/c1-2-3-9-12(13,11(14)15)10-7-5-4-6-8-10;/h10H,2-9,13H2,1H3,(H,14,15);1H. The molecule has 1 unspecified atom stereocenters. The number of nitrogens with two attached hydrogens (primary N) is 1. The van der Waals surface area contributed by atoms with Crippen molar-refractivity contribution in [2.75, 3.05) is 0 Å². The molecule has 0 aromatic heterocycles. The highest BCUT2D eigenvalue weighted by molar-refractivity contribution is 5.85. The van der Waals surface area contributed by atoms with Crippen LogP contribution in [0.2, 0.25) is 0 Å². The highest BCUT2D eigenvalue weighted by Gasteiger charge is 2.41. The third-order valence-electron chi connectivity index (χ3n) is 3.68. The Balaban J connectivity index is 0.00000225. The molecule has 3 nitrogen and oxygen atoms in total. The topological polar surface area (TPSA) is 63.3 Å². The molecule has 1 atom stereocenters. The van der Waals surface area contributed by atoms with E-state index in [9.17, 15) is 9.90 Å². The normalized spacial score (nSPS) is 20.9. The molecule has 0 radical (unpaired) electrons. The van der Waals surface area contributed by atoms with Crippen LogP contribution in [0.15, 0.2) is 0 Å². The molecule has 1 aliphatic rings. The minimum atomic E-state index is -0.962. The number of hydrogen-bond donors (Lipinski definition) is 2. The van der Waals surface area contributed by atoms with Crippen LogP contribution in [0.25, 0.3) is 0 Å². The number of halogens is 1. The molecule has 1 fully saturated rings. The first-order chi connectivity index (χ1) is 7.11. The molecule has 3 N–H and O–H groups in total. The van der Waals surface area contributed by atoms with E-state index in [0.717, 1.165) is 38.5 Å². The lowest BCUT2D eigenvalue weighted by atomic mass is 9.73. The Kier molecular flexibility index (Phi) is 7.00. The van der Waals surface area contributed by atoms with E-state index < -0.39 is 11.5 Å². The molecule has 0 amide bonds. The van der Waals surface area contributed by atoms with E-state index in [1.807, 2.05) is 0 Å². The summed E-state index contributed by atoms with van der Waals surface area (Å²) in [6, 6.07) is 0. The fraction of sp³-hybridized carbons (Fsp3) is 0.917. The smallest absolute Gasteiger partial charge is 0.323 e. The SMILES string of the molecule is CCCCC(N)(C(=O)O)C1CCCCC1.Cl. The molecule has 0 bridgehead atoms. The molecular weight excluding hydrogens is 226 g/mol. The molecule has 0 aromatic carbocycles. The highest BCUT2D eigenvalue weighted by atomic mass is 35.5. The van der Waals surface area contributed by atoms with Crippen molar-refractivity contribution in [3.63, 3.8) is 0 Å². The number of unbranched alkanes of at least 4 members (excludes halogenated alkanes) is 1. The van der Waals surface area contributed by atoms with Gasteiger partial charge in [0.2, 0.25) is 0 Å². The number of aliphatic carboxylic acids is 1. The van der Waals surface area contributed by atoms with Crippen molar-refractivity contribution in [3.8, 4) is 0 Å². The predicted molar refractivity (Wildman–Crippen MR) is 67.9 cm³/mol. The summed E-state index contributed by atoms with van der Waals surface area (Å²) >= 11 is 0. The fourth-order valence-corrected chi connectivity index (χ4v) is 2.57. The monoisotopic (exact) mass is 249 g/mol. The van der Waals surface area contributed by atoms with Gasteiger partial charge in [-0.15, -0.1) is 12.4 Å². The largest absolute Gasteiger partial charge is 0.480 e. The van der Waals surface area contributed by atoms with Gasteiger partial charge in [-0.25, -0.2) is 0 Å². The Morgan fingerprint density at radius 3 is 2.38 bits per heavy atom. The van der Waals surface area contributed by atoms with Crippen LogP contribution in [0, 0.1) is 5.92 Å². The zero-order chi connectivity index (χ0) is 11.3. The maximum atomic E-state index is 11.3. The molecule has 4 heteroatoms. The molecule has 0 spiro atoms. The number of carboxylic acid groups (broad SMARTS) is 1. The number of carboxylic acids is 1. The van der Waals surface area contributed by atoms with Crippen molar-refractivity contribution in [1.82, 2.24) is 0 Å². The summed E-state index contributed by atoms with van der Waals surface area (Å²) in [6.07, 6.45) is 8.06. The molecule has 0 aliphatic heterocycles. The molecule has 0 aromatic rings. The van der Waals surface area contributed by atoms with Crippen molar-refractivity contribution in [2.45, 2.75) is 63.8 Å². The fourth-order valence-electron chi connectivity index (χ4n) is 2.57. The lowest BCUT2D eigenvalue weighted by Crippen LogP contribution is -2.54. The molecule has 0 heterocycles. The zero-order valence-electron chi connectivity index (χ0n) is 10.1. The van der Waals surface area contributed by atoms with Crippen LogP contribution in [0.4, 0.5) is 0 Å². The average molecular weight is 250 g/mol. The Morgan fingerprint density at radius 2 is 1.94 bits per heavy atom. The van der Waals surface area contributed by atoms with Crippen LogP contribution in [0.3, 0.4) is 0 Å². The first kappa shape index (κ1) is 15.7. The van der Waals surface area contributed by atoms with Gasteiger partial charge in [0.25, 0.3) is 0 Å². The van der Waals surface area contributed by atoms with Crippen LogP contribution in [-0.4, -0.2) is 16.6 Å². The minimum absolute atomic E-state index is 0. The van der Waals surface area contributed by atoms with Gasteiger partial charge in [0.05, 0.1) is 0 Å². The second kappa shape index (κ2) is 7.13. The van der Waals surface area contributed by atoms with Crippen molar-refractivity contribution >= 4 is 18.4 Å². The van der Waals surface area contributed by atoms with E-state index in [2.05, 4.69) is 6.92 Å². The van der Waals surface area contributed by atoms with Crippen molar-refractivity contribution in [2.24, 2.45) is 11.7 Å². The van der Waals surface area contributed by atoms with E-state index in [4.69, 9.17) is 5.73 Å². The minimum Gasteiger partial charge on any atom is -0.480 e. The van der Waals surface area contributed by atoms with Gasteiger partial charge in [0, 0.05) is 0 Å². The molecule has 1 saturated carbocycles. The summed E-state index contributed by atoms with van der Waals surface area (Å²) in [5.41, 5.74) is 5.14. The second-order valence-electron chi connectivity index (χ2n) is 4.78. The molecule has 1 rings (SSSR count). The Hall–Kier alpha value is -0.280. The van der Waals surface area contributed by atoms with Crippen LogP contribution in [0.1, 0.15) is 58.3 Å². The average Bonchev–Trinajstić information content (AvgIpc) is 2.27. The van der Waals surface area contributed by atoms with E-state index in [0.29, 0.717) is 6.42 Å². The zero-order valence-corrected chi connectivity index (χ0v) is 10.9. The van der Waals surface area contributed by atoms with Gasteiger partial charge in [-0.2, -0.15) is 0 Å². The van der Waals surface area contributed by atoms with E-state index >= 15 is 0 Å². The van der Waals surface area contributed by atoms with Gasteiger partial charge in [0.1, 0.15) is 5.54 Å². The van der Waals surface area contributed by atoms with Crippen LogP contribution in [0.5, 0.6) is 0 Å². The summed E-state index contributed by atoms with van der Waals surface area (Å²) in [6.45, 7) is 2.07. The van der Waals surface area contributed by atoms with Gasteiger partial charge in [-0.1, -0.05) is 39.0 Å². The van der Waals surface area contributed by atoms with E-state index in [-0.39, 0.29) is 18.3 Å². The summed E-state index contributed by atoms with van der Waals surface area (Å²) in [4.78, 5) is 11.3. The second-order valence-corrected chi connectivity index (χ2v) is 4.78. The van der Waals surface area contributed by atoms with Crippen molar-refractivity contribution < 1.29 is 9.90 Å². The maximum Gasteiger partial charge on any atom is 0.323 e. The third kappa shape index (κ3) is 3.63. The van der Waals surface area contributed by atoms with Gasteiger partial charge in [0.15, 0.2) is 0 Å². The summed E-state index contributed by atoms with van der Waals surface area (Å²) in [5, 5.41) is 9.29. The lowest BCUT2D eigenvalue weighted by molar-refractivity contribution is -0.146. The van der Waals surface area contributed by atoms with E-state index in [1.54, 1.807) is 0 Å². The summed E-state index contributed by atoms with van der Waals surface area (Å²) in [5.74, 6) is -0.613. The molecule has 96 valence electrons. The van der Waals surface area contributed by atoms with Gasteiger partial charge >= 0.3 is 5.97 Å². The summed E-state index contributed by atoms with van der Waals surface area (Å²) < 4.78 is 0. The Bertz CT molecular complexity index is 217. The maximum absolute atomic E-state index is 11.3. The first-order valence-electron chi connectivity index (χ1n) is 6.13. The quantitative estimate of drug-likeness (QED) is 0.788. The number of carbonyl (C=O) groups is 1. The molecule has 16 heavy (non-hydrogen) atoms. The van der Waals surface area contributed by atoms with Crippen LogP contribution in [-0.2, 0) is 4.79 Å². The van der Waals surface area contributed by atoms with Crippen molar-refractivity contribution in [3.05, 3.63) is 0 Å². The summed E-state index contributed by atoms with van der Waals surface area (Å²) in [7, 11) is 0. The van der Waals surface area contributed by atoms with Gasteiger partial charge in [-0.3, -0.25) is 4.79 Å². The molecular formula is C12H24ClNO2. The van der Waals surface area contributed by atoms with E-state index in [1.165, 1.54) is 6.42 Å². The predicted octanol–water partition coefficient (Wildman–Crippen LogP) is 2.96. The first-order valence-corrected chi connectivity index (χ1v) is 6.13. The van der Waals surface area contributed by atoms with Crippen LogP contribution < -0.4 is 5.73 Å². The third-order valence-corrected chi connectivity index (χ3v) is 3.68. The van der Waals surface area contributed by atoms with Crippen LogP contribution >= 0.6 is 12.4 Å². The molecule has 0 saturated heterocycles. The highest BCUT2D eigenvalue weighted by Crippen LogP contribution is 2.34. The Labute approximate surface area is 104 Å². The molecule has 1 aliphatic carbocycles. The number of rotatable bonds is 5.